The molecular weight excluding hydrogens is 356 g/mol. The Morgan fingerprint density at radius 3 is 2.89 bits per heavy atom. The molecular formula is C21H24N4O3. The van der Waals surface area contributed by atoms with E-state index < -0.39 is 0 Å². The number of ether oxygens (including phenoxy) is 1. The van der Waals surface area contributed by atoms with Crippen molar-refractivity contribution in [3.8, 4) is 0 Å². The molecule has 2 aromatic rings. The molecule has 0 spiro atoms. The van der Waals surface area contributed by atoms with Gasteiger partial charge in [-0.1, -0.05) is 30.3 Å². The number of nitrogens with one attached hydrogen (secondary N) is 2. The maximum atomic E-state index is 12.5. The summed E-state index contributed by atoms with van der Waals surface area (Å²) in [6.07, 6.45) is 4.17. The van der Waals surface area contributed by atoms with E-state index in [1.165, 1.54) is 5.56 Å². The van der Waals surface area contributed by atoms with Crippen LogP contribution in [-0.4, -0.2) is 42.7 Å². The zero-order chi connectivity index (χ0) is 19.3. The lowest BCUT2D eigenvalue weighted by Crippen LogP contribution is -2.35. The molecule has 3 amide bonds. The highest BCUT2D eigenvalue weighted by Gasteiger charge is 2.31. The monoisotopic (exact) mass is 380 g/mol. The average Bonchev–Trinajstić information content (AvgIpc) is 3.37. The maximum absolute atomic E-state index is 12.5. The lowest BCUT2D eigenvalue weighted by atomic mass is 9.99. The van der Waals surface area contributed by atoms with Gasteiger partial charge in [-0.3, -0.25) is 10.1 Å². The Bertz CT molecular complexity index is 837. The quantitative estimate of drug-likeness (QED) is 0.835. The van der Waals surface area contributed by atoms with Gasteiger partial charge in [-0.2, -0.15) is 0 Å². The predicted molar refractivity (Wildman–Crippen MR) is 106 cm³/mol. The van der Waals surface area contributed by atoms with E-state index in [-0.39, 0.29) is 24.0 Å². The summed E-state index contributed by atoms with van der Waals surface area (Å²) in [6.45, 7) is 1.86. The molecule has 2 fully saturated rings. The number of benzene rings is 1. The van der Waals surface area contributed by atoms with Crippen LogP contribution in [0.15, 0.2) is 48.7 Å². The minimum Gasteiger partial charge on any atom is -0.376 e. The van der Waals surface area contributed by atoms with E-state index in [1.54, 1.807) is 23.2 Å². The van der Waals surface area contributed by atoms with Gasteiger partial charge in [0, 0.05) is 50.0 Å². The summed E-state index contributed by atoms with van der Waals surface area (Å²) in [7, 11) is 0. The molecule has 28 heavy (non-hydrogen) atoms. The number of anilines is 2. The summed E-state index contributed by atoms with van der Waals surface area (Å²) in [5.74, 6) is 0.667. The van der Waals surface area contributed by atoms with Crippen molar-refractivity contribution in [3.05, 3.63) is 54.2 Å². The first-order valence-electron chi connectivity index (χ1n) is 9.67. The van der Waals surface area contributed by atoms with Crippen molar-refractivity contribution in [3.63, 3.8) is 0 Å². The van der Waals surface area contributed by atoms with Crippen LogP contribution in [0.25, 0.3) is 0 Å². The van der Waals surface area contributed by atoms with Gasteiger partial charge >= 0.3 is 6.03 Å². The molecule has 0 unspecified atom stereocenters. The van der Waals surface area contributed by atoms with Gasteiger partial charge in [-0.25, -0.2) is 9.78 Å². The third-order valence-corrected chi connectivity index (χ3v) is 5.21. The van der Waals surface area contributed by atoms with Gasteiger partial charge in [0.25, 0.3) is 0 Å². The highest BCUT2D eigenvalue weighted by atomic mass is 16.5. The highest BCUT2D eigenvalue weighted by molar-refractivity contribution is 5.97. The van der Waals surface area contributed by atoms with Gasteiger partial charge in [-0.15, -0.1) is 0 Å². The van der Waals surface area contributed by atoms with Crippen molar-refractivity contribution in [1.29, 1.82) is 0 Å². The van der Waals surface area contributed by atoms with Crippen molar-refractivity contribution < 1.29 is 14.3 Å². The smallest absolute Gasteiger partial charge is 0.320 e. The number of aromatic nitrogens is 1. The lowest BCUT2D eigenvalue weighted by Gasteiger charge is -2.18. The summed E-state index contributed by atoms with van der Waals surface area (Å²) < 4.78 is 5.50. The highest BCUT2D eigenvalue weighted by Crippen LogP contribution is 2.32. The Morgan fingerprint density at radius 2 is 2.11 bits per heavy atom. The zero-order valence-corrected chi connectivity index (χ0v) is 15.6. The Kier molecular flexibility index (Phi) is 5.53. The fraction of sp³-hybridized carbons (Fsp3) is 0.381. The summed E-state index contributed by atoms with van der Waals surface area (Å²) in [5, 5.41) is 5.54. The van der Waals surface area contributed by atoms with Crippen LogP contribution in [0.2, 0.25) is 0 Å². The zero-order valence-electron chi connectivity index (χ0n) is 15.6. The van der Waals surface area contributed by atoms with Crippen LogP contribution >= 0.6 is 0 Å². The second kappa shape index (κ2) is 8.39. The molecule has 2 atom stereocenters. The van der Waals surface area contributed by atoms with Gasteiger partial charge in [-0.05, 0) is 24.5 Å². The van der Waals surface area contributed by atoms with Crippen molar-refractivity contribution in [2.75, 3.05) is 29.9 Å². The molecule has 1 aromatic carbocycles. The van der Waals surface area contributed by atoms with Crippen LogP contribution in [0, 0.1) is 0 Å². The topological polar surface area (TPSA) is 83.6 Å². The van der Waals surface area contributed by atoms with Crippen LogP contribution in [-0.2, 0) is 9.53 Å². The van der Waals surface area contributed by atoms with E-state index in [4.69, 9.17) is 4.74 Å². The second-order valence-electron chi connectivity index (χ2n) is 7.19. The van der Waals surface area contributed by atoms with E-state index in [2.05, 4.69) is 27.8 Å². The Hall–Kier alpha value is -2.93. The number of carbonyl (C=O) groups is 2. The van der Waals surface area contributed by atoms with Gasteiger partial charge in [0.1, 0.15) is 5.82 Å². The Labute approximate surface area is 164 Å². The molecule has 1 aromatic heterocycles. The second-order valence-corrected chi connectivity index (χ2v) is 7.19. The normalized spacial score (nSPS) is 21.7. The number of rotatable bonds is 5. The first kappa shape index (κ1) is 18.4. The molecule has 0 radical (unpaired) electrons. The molecule has 2 aliphatic heterocycles. The van der Waals surface area contributed by atoms with E-state index in [1.807, 2.05) is 18.2 Å². The maximum Gasteiger partial charge on any atom is 0.320 e. The van der Waals surface area contributed by atoms with E-state index in [0.29, 0.717) is 25.3 Å². The lowest BCUT2D eigenvalue weighted by molar-refractivity contribution is -0.117. The first-order valence-corrected chi connectivity index (χ1v) is 9.67. The Morgan fingerprint density at radius 1 is 1.25 bits per heavy atom. The number of amides is 3. The van der Waals surface area contributed by atoms with Crippen molar-refractivity contribution in [2.24, 2.45) is 0 Å². The van der Waals surface area contributed by atoms with Gasteiger partial charge in [0.05, 0.1) is 6.10 Å². The minimum atomic E-state index is -0.324. The molecule has 0 aliphatic carbocycles. The third-order valence-electron chi connectivity index (χ3n) is 5.21. The van der Waals surface area contributed by atoms with E-state index in [9.17, 15) is 9.59 Å². The molecule has 7 nitrogen and oxygen atoms in total. The van der Waals surface area contributed by atoms with Crippen LogP contribution in [0.5, 0.6) is 0 Å². The standard InChI is InChI=1S/C21H24N4O3/c26-20-11-16(15-5-2-1-3-6-15)14-25(20)17-8-9-22-19(12-17)24-21(27)23-13-18-7-4-10-28-18/h1-3,5-6,8-9,12,16,18H,4,7,10-11,13-14H2,(H2,22,23,24,27)/t16-,18-/m1/s1. The summed E-state index contributed by atoms with van der Waals surface area (Å²) in [6, 6.07) is 13.3. The third kappa shape index (κ3) is 4.31. The number of nitrogens with zero attached hydrogens (tertiary/aromatic N) is 2. The molecule has 146 valence electrons. The van der Waals surface area contributed by atoms with Crippen LogP contribution in [0.1, 0.15) is 30.7 Å². The fourth-order valence-corrected chi connectivity index (χ4v) is 3.73. The average molecular weight is 380 g/mol. The van der Waals surface area contributed by atoms with E-state index in [0.717, 1.165) is 25.1 Å². The van der Waals surface area contributed by atoms with Gasteiger partial charge in [0.2, 0.25) is 5.91 Å². The number of hydrogen-bond donors (Lipinski definition) is 2. The number of hydrogen-bond acceptors (Lipinski definition) is 4. The van der Waals surface area contributed by atoms with Crippen LogP contribution in [0.4, 0.5) is 16.3 Å². The summed E-state index contributed by atoms with van der Waals surface area (Å²) >= 11 is 0. The minimum absolute atomic E-state index is 0.0776. The predicted octanol–water partition coefficient (Wildman–Crippen LogP) is 2.90. The largest absolute Gasteiger partial charge is 0.376 e. The van der Waals surface area contributed by atoms with E-state index >= 15 is 0 Å². The summed E-state index contributed by atoms with van der Waals surface area (Å²) in [4.78, 5) is 30.6. The SMILES string of the molecule is O=C(NC[C@H]1CCCO1)Nc1cc(N2C[C@H](c3ccccc3)CC2=O)ccn1. The molecule has 0 saturated carbocycles. The first-order chi connectivity index (χ1) is 13.7. The fourth-order valence-electron chi connectivity index (χ4n) is 3.73. The summed E-state index contributed by atoms with van der Waals surface area (Å²) in [5.41, 5.74) is 1.91. The Balaban J connectivity index is 1.38. The number of carbonyl (C=O) groups excluding carboxylic acids is 2. The molecule has 3 heterocycles. The number of pyridine rings is 1. The van der Waals surface area contributed by atoms with Gasteiger partial charge < -0.3 is 15.0 Å². The van der Waals surface area contributed by atoms with Crippen molar-refractivity contribution in [1.82, 2.24) is 10.3 Å². The molecule has 2 N–H and O–H groups in total. The molecule has 2 saturated heterocycles. The molecule has 7 heteroatoms. The van der Waals surface area contributed by atoms with Gasteiger partial charge in [0.15, 0.2) is 0 Å². The van der Waals surface area contributed by atoms with Crippen LogP contribution < -0.4 is 15.5 Å². The number of urea groups is 1. The van der Waals surface area contributed by atoms with Crippen molar-refractivity contribution >= 4 is 23.4 Å². The van der Waals surface area contributed by atoms with Crippen LogP contribution in [0.3, 0.4) is 0 Å². The van der Waals surface area contributed by atoms with Crippen molar-refractivity contribution in [2.45, 2.75) is 31.3 Å². The molecule has 2 aliphatic rings. The molecule has 0 bridgehead atoms. The molecule has 4 rings (SSSR count).